The van der Waals surface area contributed by atoms with Crippen LogP contribution < -0.4 is 10.1 Å². The van der Waals surface area contributed by atoms with Gasteiger partial charge in [-0.15, -0.1) is 0 Å². The molecule has 4 aromatic rings. The Labute approximate surface area is 165 Å². The van der Waals surface area contributed by atoms with Crippen molar-refractivity contribution >= 4 is 34.3 Å². The number of ether oxygens (including phenoxy) is 1. The van der Waals surface area contributed by atoms with Crippen molar-refractivity contribution in [1.29, 1.82) is 0 Å². The summed E-state index contributed by atoms with van der Waals surface area (Å²) in [5.74, 6) is 0.596. The van der Waals surface area contributed by atoms with E-state index in [1.807, 2.05) is 0 Å². The smallest absolute Gasteiger partial charge is 0.255 e. The first-order chi connectivity index (χ1) is 13.5. The molecule has 0 spiro atoms. The molecule has 0 atom stereocenters. The monoisotopic (exact) mass is 394 g/mol. The van der Waals surface area contributed by atoms with Gasteiger partial charge < -0.3 is 19.6 Å². The van der Waals surface area contributed by atoms with Crippen LogP contribution in [-0.4, -0.2) is 23.1 Å². The minimum Gasteiger partial charge on any atom is -0.507 e. The number of benzene rings is 3. The number of oxazole rings is 1. The number of halogens is 1. The molecule has 140 valence electrons. The highest BCUT2D eigenvalue weighted by molar-refractivity contribution is 6.31. The van der Waals surface area contributed by atoms with E-state index in [4.69, 9.17) is 20.8 Å². The minimum atomic E-state index is -0.288. The molecular formula is C21H15ClN2O4. The minimum absolute atomic E-state index is 0.0138. The van der Waals surface area contributed by atoms with E-state index in [-0.39, 0.29) is 17.5 Å². The van der Waals surface area contributed by atoms with E-state index in [9.17, 15) is 9.90 Å². The molecule has 0 aliphatic heterocycles. The number of hydrogen-bond acceptors (Lipinski definition) is 5. The Hall–Kier alpha value is -3.51. The molecular weight excluding hydrogens is 380 g/mol. The summed E-state index contributed by atoms with van der Waals surface area (Å²) in [4.78, 5) is 16.8. The zero-order chi connectivity index (χ0) is 19.7. The zero-order valence-electron chi connectivity index (χ0n) is 14.8. The maximum Gasteiger partial charge on any atom is 0.255 e. The van der Waals surface area contributed by atoms with Gasteiger partial charge in [-0.25, -0.2) is 4.98 Å². The molecule has 0 fully saturated rings. The molecule has 6 nitrogen and oxygen atoms in total. The van der Waals surface area contributed by atoms with Crippen LogP contribution >= 0.6 is 11.6 Å². The first-order valence-corrected chi connectivity index (χ1v) is 8.76. The van der Waals surface area contributed by atoms with E-state index in [0.29, 0.717) is 38.7 Å². The Bertz CT molecular complexity index is 1170. The lowest BCUT2D eigenvalue weighted by atomic mass is 10.1. The van der Waals surface area contributed by atoms with Crippen molar-refractivity contribution in [1.82, 2.24) is 4.98 Å². The Morgan fingerprint density at radius 1 is 1.11 bits per heavy atom. The van der Waals surface area contributed by atoms with Gasteiger partial charge >= 0.3 is 0 Å². The first kappa shape index (κ1) is 17.9. The number of rotatable bonds is 4. The summed E-state index contributed by atoms with van der Waals surface area (Å²) >= 11 is 5.98. The van der Waals surface area contributed by atoms with Gasteiger partial charge in [0.1, 0.15) is 17.0 Å². The molecule has 0 aliphatic rings. The van der Waals surface area contributed by atoms with E-state index >= 15 is 0 Å². The predicted octanol–water partition coefficient (Wildman–Crippen LogP) is 5.11. The molecule has 1 amide bonds. The molecule has 1 heterocycles. The Balaban J connectivity index is 1.63. The number of fused-ring (bicyclic) bond motifs is 1. The number of aromatic hydroxyl groups is 1. The Morgan fingerprint density at radius 3 is 2.64 bits per heavy atom. The number of carbonyl (C=O) groups excluding carboxylic acids is 1. The molecule has 7 heteroatoms. The number of amides is 1. The summed E-state index contributed by atoms with van der Waals surface area (Å²) in [6.07, 6.45) is 0. The molecule has 0 radical (unpaired) electrons. The van der Waals surface area contributed by atoms with Gasteiger partial charge in [-0.1, -0.05) is 11.6 Å². The van der Waals surface area contributed by atoms with Crippen molar-refractivity contribution in [3.8, 4) is 23.0 Å². The molecule has 0 saturated heterocycles. The van der Waals surface area contributed by atoms with Crippen LogP contribution in [-0.2, 0) is 0 Å². The number of methoxy groups -OCH3 is 1. The summed E-state index contributed by atoms with van der Waals surface area (Å²) in [6.45, 7) is 0. The number of hydrogen-bond donors (Lipinski definition) is 2. The van der Waals surface area contributed by atoms with Crippen LogP contribution in [0, 0.1) is 0 Å². The lowest BCUT2D eigenvalue weighted by Gasteiger charge is -2.08. The van der Waals surface area contributed by atoms with E-state index in [0.717, 1.165) is 0 Å². The fraction of sp³-hybridized carbons (Fsp3) is 0.0476. The van der Waals surface area contributed by atoms with Gasteiger partial charge in [-0.2, -0.15) is 0 Å². The van der Waals surface area contributed by atoms with Gasteiger partial charge in [0.25, 0.3) is 5.91 Å². The number of phenols is 1. The second-order valence-corrected chi connectivity index (χ2v) is 6.48. The number of carbonyl (C=O) groups is 1. The second-order valence-electron chi connectivity index (χ2n) is 6.05. The molecule has 0 unspecified atom stereocenters. The summed E-state index contributed by atoms with van der Waals surface area (Å²) in [5.41, 5.74) is 2.46. The van der Waals surface area contributed by atoms with Crippen LogP contribution in [0.15, 0.2) is 65.1 Å². The highest BCUT2D eigenvalue weighted by Gasteiger charge is 2.15. The maximum absolute atomic E-state index is 12.5. The third-order valence-electron chi connectivity index (χ3n) is 4.19. The largest absolute Gasteiger partial charge is 0.507 e. The van der Waals surface area contributed by atoms with Crippen LogP contribution in [0.5, 0.6) is 11.5 Å². The molecule has 0 bridgehead atoms. The topological polar surface area (TPSA) is 84.6 Å². The lowest BCUT2D eigenvalue weighted by Crippen LogP contribution is -2.11. The van der Waals surface area contributed by atoms with Gasteiger partial charge in [-0.05, 0) is 60.7 Å². The molecule has 28 heavy (non-hydrogen) atoms. The molecule has 0 saturated carbocycles. The zero-order valence-corrected chi connectivity index (χ0v) is 15.5. The Kier molecular flexibility index (Phi) is 4.63. The number of nitrogens with one attached hydrogen (secondary N) is 1. The van der Waals surface area contributed by atoms with Crippen molar-refractivity contribution in [2.45, 2.75) is 0 Å². The van der Waals surface area contributed by atoms with Gasteiger partial charge in [-0.3, -0.25) is 4.79 Å². The van der Waals surface area contributed by atoms with Crippen LogP contribution in [0.25, 0.3) is 22.6 Å². The second kappa shape index (κ2) is 7.25. The SMILES string of the molecule is COc1ccc(C(=O)Nc2ccc(O)c(-c3nc4cc(Cl)ccc4o3)c2)cc1. The average molecular weight is 395 g/mol. The van der Waals surface area contributed by atoms with E-state index in [1.54, 1.807) is 61.7 Å². The van der Waals surface area contributed by atoms with E-state index < -0.39 is 0 Å². The molecule has 0 aliphatic carbocycles. The van der Waals surface area contributed by atoms with Gasteiger partial charge in [0.2, 0.25) is 5.89 Å². The number of nitrogens with zero attached hydrogens (tertiary/aromatic N) is 1. The quantitative estimate of drug-likeness (QED) is 0.469. The average Bonchev–Trinajstić information content (AvgIpc) is 3.12. The van der Waals surface area contributed by atoms with E-state index in [1.165, 1.54) is 6.07 Å². The Morgan fingerprint density at radius 2 is 1.89 bits per heavy atom. The fourth-order valence-electron chi connectivity index (χ4n) is 2.75. The standard InChI is InChI=1S/C21H15ClN2O4/c1-27-15-6-2-12(3-7-15)20(26)23-14-5-8-18(25)16(11-14)21-24-17-10-13(22)4-9-19(17)28-21/h2-11,25H,1H3,(H,23,26). The normalized spacial score (nSPS) is 10.8. The van der Waals surface area contributed by atoms with Crippen molar-refractivity contribution in [2.75, 3.05) is 12.4 Å². The van der Waals surface area contributed by atoms with Crippen molar-refractivity contribution < 1.29 is 19.1 Å². The predicted molar refractivity (Wildman–Crippen MR) is 107 cm³/mol. The summed E-state index contributed by atoms with van der Waals surface area (Å²) < 4.78 is 10.8. The van der Waals surface area contributed by atoms with Crippen molar-refractivity contribution in [2.24, 2.45) is 0 Å². The first-order valence-electron chi connectivity index (χ1n) is 8.38. The maximum atomic E-state index is 12.5. The molecule has 1 aromatic heterocycles. The van der Waals surface area contributed by atoms with Gasteiger partial charge in [0.05, 0.1) is 12.7 Å². The van der Waals surface area contributed by atoms with E-state index in [2.05, 4.69) is 10.3 Å². The molecule has 3 aromatic carbocycles. The molecule has 2 N–H and O–H groups in total. The van der Waals surface area contributed by atoms with Crippen LogP contribution in [0.3, 0.4) is 0 Å². The number of phenolic OH excluding ortho intramolecular Hbond substituents is 1. The van der Waals surface area contributed by atoms with Crippen molar-refractivity contribution in [3.63, 3.8) is 0 Å². The summed E-state index contributed by atoms with van der Waals surface area (Å²) in [6, 6.07) is 16.5. The number of anilines is 1. The number of aromatic nitrogens is 1. The van der Waals surface area contributed by atoms with Gasteiger partial charge in [0.15, 0.2) is 5.58 Å². The third-order valence-corrected chi connectivity index (χ3v) is 4.42. The highest BCUT2D eigenvalue weighted by atomic mass is 35.5. The summed E-state index contributed by atoms with van der Waals surface area (Å²) in [7, 11) is 1.56. The highest BCUT2D eigenvalue weighted by Crippen LogP contribution is 2.34. The third kappa shape index (κ3) is 3.50. The van der Waals surface area contributed by atoms with Crippen molar-refractivity contribution in [3.05, 3.63) is 71.2 Å². The summed E-state index contributed by atoms with van der Waals surface area (Å²) in [5, 5.41) is 13.6. The van der Waals surface area contributed by atoms with Gasteiger partial charge in [0, 0.05) is 16.3 Å². The lowest BCUT2D eigenvalue weighted by molar-refractivity contribution is 0.102. The van der Waals surface area contributed by atoms with Crippen LogP contribution in [0.1, 0.15) is 10.4 Å². The van der Waals surface area contributed by atoms with Crippen LogP contribution in [0.4, 0.5) is 5.69 Å². The fourth-order valence-corrected chi connectivity index (χ4v) is 2.91. The molecule has 4 rings (SSSR count). The van der Waals surface area contributed by atoms with Crippen LogP contribution in [0.2, 0.25) is 5.02 Å².